The van der Waals surface area contributed by atoms with Gasteiger partial charge in [-0.3, -0.25) is 9.88 Å². The third kappa shape index (κ3) is 7.85. The number of fused-ring (bicyclic) bond motifs is 6. The van der Waals surface area contributed by atoms with Crippen molar-refractivity contribution in [2.24, 2.45) is 23.2 Å². The predicted octanol–water partition coefficient (Wildman–Crippen LogP) is 4.51. The molecule has 3 aromatic rings. The molecule has 4 fully saturated rings. The Morgan fingerprint density at radius 1 is 1.05 bits per heavy atom. The molecule has 58 heavy (non-hydrogen) atoms. The summed E-state index contributed by atoms with van der Waals surface area (Å²) >= 11 is 5.78. The molecule has 0 bridgehead atoms. The van der Waals surface area contributed by atoms with Crippen LogP contribution in [0.1, 0.15) is 80.7 Å². The standard InChI is InChI=1S/C18H24O2.C14H9ClF3NO2.C8H12N4O5/c1-18-9-8-14-13-5-3-12(19)10-11(13)2-4-15(14)16(18)6-7-17(18)20;15-9-3-4-11-10(7-9)13(14(16,17)18,21-12(20)19-11)6-5-8-1-2-8;9-7-10-2-12(8(16)11-7)6-5(15)4(14)3(1-13)17-6/h3,5,10,14-17,19-20H,2,4,6-9H2,1H3;3-4,7-8H,1-2H2,(H,19,20);2-6,13-15H,1H2,(H2,9,11,16)/t14-,15-,16+,17+,18+;13-;3-,4-,5-,6-/m101/s1. The number of rotatable bonds is 2. The molecule has 2 aromatic carbocycles. The van der Waals surface area contributed by atoms with E-state index in [1.165, 1.54) is 42.5 Å². The fourth-order valence-electron chi connectivity index (χ4n) is 9.23. The fourth-order valence-corrected chi connectivity index (χ4v) is 9.40. The number of aryl methyl sites for hydroxylation is 1. The fraction of sp³-hybridized carbons (Fsp3) is 0.550. The van der Waals surface area contributed by atoms with E-state index in [0.717, 1.165) is 55.0 Å². The first-order chi connectivity index (χ1) is 27.5. The summed E-state index contributed by atoms with van der Waals surface area (Å²) in [6, 6.07) is 9.76. The average Bonchev–Trinajstić information content (AvgIpc) is 3.90. The van der Waals surface area contributed by atoms with Crippen LogP contribution in [0.25, 0.3) is 0 Å². The van der Waals surface area contributed by atoms with Gasteiger partial charge >= 0.3 is 18.0 Å². The molecule has 14 nitrogen and oxygen atoms in total. The summed E-state index contributed by atoms with van der Waals surface area (Å²) < 4.78 is 51.4. The molecule has 8 N–H and O–H groups in total. The minimum Gasteiger partial charge on any atom is -0.508 e. The highest BCUT2D eigenvalue weighted by Gasteiger charge is 2.62. The monoisotopic (exact) mass is 831 g/mol. The predicted molar refractivity (Wildman–Crippen MR) is 202 cm³/mol. The van der Waals surface area contributed by atoms with E-state index in [0.29, 0.717) is 17.6 Å². The first-order valence-electron chi connectivity index (χ1n) is 19.2. The van der Waals surface area contributed by atoms with E-state index in [2.05, 4.69) is 44.9 Å². The Morgan fingerprint density at radius 2 is 1.81 bits per heavy atom. The maximum atomic E-state index is 13.6. The highest BCUT2D eigenvalue weighted by molar-refractivity contribution is 6.30. The number of aromatic hydroxyl groups is 1. The minimum absolute atomic E-state index is 0.00179. The molecule has 1 saturated heterocycles. The lowest BCUT2D eigenvalue weighted by atomic mass is 9.55. The van der Waals surface area contributed by atoms with Crippen molar-refractivity contribution in [3.8, 4) is 17.6 Å². The van der Waals surface area contributed by atoms with E-state index < -0.39 is 54.7 Å². The quantitative estimate of drug-likeness (QED) is 0.177. The number of benzene rings is 2. The van der Waals surface area contributed by atoms with Crippen molar-refractivity contribution in [2.45, 2.75) is 107 Å². The van der Waals surface area contributed by atoms with Crippen molar-refractivity contribution in [3.63, 3.8) is 0 Å². The number of aliphatic hydroxyl groups is 4. The van der Waals surface area contributed by atoms with Gasteiger partial charge in [-0.2, -0.15) is 18.2 Å². The smallest absolute Gasteiger partial charge is 0.445 e. The second kappa shape index (κ2) is 16.0. The summed E-state index contributed by atoms with van der Waals surface area (Å²) in [5.74, 6) is 6.89. The molecule has 9 rings (SSSR count). The van der Waals surface area contributed by atoms with Gasteiger partial charge in [0.2, 0.25) is 5.95 Å². The third-order valence-corrected chi connectivity index (χ3v) is 12.7. The topological polar surface area (TPSA) is 223 Å². The summed E-state index contributed by atoms with van der Waals surface area (Å²) in [6.07, 6.45) is -1.43. The molecule has 18 heteroatoms. The number of nitrogens with one attached hydrogen (secondary N) is 1. The lowest BCUT2D eigenvalue weighted by Crippen LogP contribution is -2.49. The van der Waals surface area contributed by atoms with Gasteiger partial charge in [0.05, 0.1) is 18.4 Å². The van der Waals surface area contributed by atoms with Crippen LogP contribution in [0.15, 0.2) is 47.5 Å². The molecule has 2 aliphatic heterocycles. The van der Waals surface area contributed by atoms with Crippen molar-refractivity contribution >= 4 is 29.3 Å². The summed E-state index contributed by atoms with van der Waals surface area (Å²) in [5.41, 5.74) is 4.18. The number of halogens is 4. The number of hydrogen-bond donors (Lipinski definition) is 7. The van der Waals surface area contributed by atoms with Crippen LogP contribution >= 0.6 is 11.6 Å². The number of amides is 1. The van der Waals surface area contributed by atoms with Crippen LogP contribution in [0.3, 0.4) is 0 Å². The highest BCUT2D eigenvalue weighted by atomic mass is 35.5. The number of nitrogen functional groups attached to an aromatic ring is 1. The summed E-state index contributed by atoms with van der Waals surface area (Å²) in [5, 5.41) is 50.5. The van der Waals surface area contributed by atoms with Gasteiger partial charge in [0, 0.05) is 16.5 Å². The molecule has 0 unspecified atom stereocenters. The number of aromatic nitrogens is 3. The first-order valence-corrected chi connectivity index (χ1v) is 19.6. The van der Waals surface area contributed by atoms with Gasteiger partial charge in [-0.25, -0.2) is 14.6 Å². The lowest BCUT2D eigenvalue weighted by Gasteiger charge is -2.50. The molecule has 0 radical (unpaired) electrons. The zero-order chi connectivity index (χ0) is 41.7. The van der Waals surface area contributed by atoms with E-state index >= 15 is 0 Å². The highest BCUT2D eigenvalue weighted by Crippen LogP contribution is 2.61. The van der Waals surface area contributed by atoms with Crippen LogP contribution < -0.4 is 16.7 Å². The number of nitrogens with zero attached hydrogens (tertiary/aromatic N) is 3. The summed E-state index contributed by atoms with van der Waals surface area (Å²) in [4.78, 5) is 29.9. The van der Waals surface area contributed by atoms with E-state index in [1.54, 1.807) is 0 Å². The molecule has 0 spiro atoms. The van der Waals surface area contributed by atoms with Crippen molar-refractivity contribution in [2.75, 3.05) is 17.7 Å². The molecular weight excluding hydrogens is 787 g/mol. The van der Waals surface area contributed by atoms with Gasteiger partial charge < -0.3 is 40.7 Å². The number of anilines is 2. The molecule has 3 heterocycles. The lowest BCUT2D eigenvalue weighted by molar-refractivity contribution is -0.239. The molecule has 3 saturated carbocycles. The Kier molecular flexibility index (Phi) is 11.5. The van der Waals surface area contributed by atoms with Crippen molar-refractivity contribution < 1.29 is 53.0 Å². The Morgan fingerprint density at radius 3 is 2.48 bits per heavy atom. The Labute approximate surface area is 336 Å². The number of alkyl halides is 3. The van der Waals surface area contributed by atoms with Crippen molar-refractivity contribution in [3.05, 3.63) is 74.9 Å². The number of ether oxygens (including phenoxy) is 2. The van der Waals surface area contributed by atoms with E-state index in [-0.39, 0.29) is 39.7 Å². The third-order valence-electron chi connectivity index (χ3n) is 12.5. The van der Waals surface area contributed by atoms with Crippen LogP contribution in [0, 0.1) is 35.0 Å². The number of nitrogens with two attached hydrogens (primary N) is 1. The number of aliphatic hydroxyl groups excluding tert-OH is 4. The molecular formula is C40H45ClF3N5O9. The number of phenols is 1. The van der Waals surface area contributed by atoms with E-state index in [9.17, 15) is 43.2 Å². The molecule has 1 amide bonds. The number of hydrogen-bond acceptors (Lipinski definition) is 12. The number of carbonyl (C=O) groups is 1. The van der Waals surface area contributed by atoms with Gasteiger partial charge in [0.1, 0.15) is 30.4 Å². The normalized spacial score (nSPS) is 33.2. The number of carbonyl (C=O) groups excluding carboxylic acids is 1. The Bertz CT molecular complexity index is 2160. The van der Waals surface area contributed by atoms with Gasteiger partial charge in [-0.05, 0) is 122 Å². The van der Waals surface area contributed by atoms with Crippen LogP contribution in [0.4, 0.5) is 29.6 Å². The number of phenolic OH excluding ortho intramolecular Hbond substituents is 1. The zero-order valence-electron chi connectivity index (χ0n) is 31.4. The summed E-state index contributed by atoms with van der Waals surface area (Å²) in [7, 11) is 0. The SMILES string of the molecule is C[C@]12CC[C@@H]3c4ccc(O)cc4CC[C@H]3[C@@H]1CC[C@@H]2O.Nc1ncn([C@@H]2O[C@H](CO)[C@@H](O)[C@H]2O)c(=O)n1.O=C1Nc2ccc(Cl)cc2[C@@](C#CC2CC2)(C(F)(F)F)O1. The number of cyclic esters (lactones) is 1. The van der Waals surface area contributed by atoms with Gasteiger partial charge in [-0.1, -0.05) is 30.5 Å². The van der Waals surface area contributed by atoms with Gasteiger partial charge in [-0.15, -0.1) is 0 Å². The van der Waals surface area contributed by atoms with Crippen LogP contribution in [-0.2, 0) is 21.5 Å². The maximum Gasteiger partial charge on any atom is 0.445 e. The van der Waals surface area contributed by atoms with E-state index in [4.69, 9.17) is 27.2 Å². The molecule has 4 aliphatic carbocycles. The average molecular weight is 832 g/mol. The van der Waals surface area contributed by atoms with Crippen LogP contribution in [-0.4, -0.2) is 83.4 Å². The zero-order valence-corrected chi connectivity index (χ0v) is 32.2. The van der Waals surface area contributed by atoms with Crippen molar-refractivity contribution in [1.29, 1.82) is 0 Å². The van der Waals surface area contributed by atoms with Crippen molar-refractivity contribution in [1.82, 2.24) is 14.5 Å². The molecule has 1 aromatic heterocycles. The van der Waals surface area contributed by atoms with Crippen LogP contribution in [0.2, 0.25) is 5.02 Å². The van der Waals surface area contributed by atoms with E-state index in [1.807, 2.05) is 12.1 Å². The maximum absolute atomic E-state index is 13.6. The Hall–Kier alpha value is -4.44. The second-order valence-corrected chi connectivity index (χ2v) is 16.4. The van der Waals surface area contributed by atoms with Gasteiger partial charge in [0.25, 0.3) is 5.60 Å². The molecule has 312 valence electrons. The molecule has 6 aliphatic rings. The summed E-state index contributed by atoms with van der Waals surface area (Å²) in [6.45, 7) is 1.84. The minimum atomic E-state index is -4.87. The second-order valence-electron chi connectivity index (χ2n) is 16.0. The Balaban J connectivity index is 0.000000133. The van der Waals surface area contributed by atoms with Crippen LogP contribution in [0.5, 0.6) is 5.75 Å². The first kappa shape index (κ1) is 41.7. The largest absolute Gasteiger partial charge is 0.508 e. The molecule has 10 atom stereocenters. The van der Waals surface area contributed by atoms with Gasteiger partial charge in [0.15, 0.2) is 6.23 Å².